The maximum atomic E-state index is 14.8. The van der Waals surface area contributed by atoms with Crippen molar-refractivity contribution in [2.75, 3.05) is 7.05 Å². The number of aliphatic hydroxyl groups is 1. The van der Waals surface area contributed by atoms with Gasteiger partial charge in [-0.15, -0.1) is 0 Å². The molecule has 0 saturated carbocycles. The lowest BCUT2D eigenvalue weighted by atomic mass is 9.72. The zero-order valence-corrected chi connectivity index (χ0v) is 18.8. The fourth-order valence-corrected chi connectivity index (χ4v) is 6.13. The zero-order chi connectivity index (χ0) is 23.2. The molecule has 172 valence electrons. The molecule has 0 fully saturated rings. The molecule has 7 nitrogen and oxygen atoms in total. The largest absolute Gasteiger partial charge is 0.458 e. The summed E-state index contributed by atoms with van der Waals surface area (Å²) in [5.74, 6) is -0.956. The van der Waals surface area contributed by atoms with Crippen molar-refractivity contribution in [3.8, 4) is 0 Å². The number of halogens is 1. The van der Waals surface area contributed by atoms with Crippen molar-refractivity contribution in [3.05, 3.63) is 73.0 Å². The van der Waals surface area contributed by atoms with Gasteiger partial charge in [-0.1, -0.05) is 6.92 Å². The Balaban J connectivity index is 1.60. The number of nitrogens with zero attached hydrogens (tertiary/aromatic N) is 1. The Morgan fingerprint density at radius 1 is 1.33 bits per heavy atom. The molecule has 33 heavy (non-hydrogen) atoms. The van der Waals surface area contributed by atoms with E-state index in [1.807, 2.05) is 14.0 Å². The Labute approximate surface area is 190 Å². The normalized spacial score (nSPS) is 29.7. The van der Waals surface area contributed by atoms with Crippen LogP contribution in [0.1, 0.15) is 49.9 Å². The average molecular weight is 451 g/mol. The van der Waals surface area contributed by atoms with E-state index in [4.69, 9.17) is 4.74 Å². The Bertz CT molecular complexity index is 1330. The monoisotopic (exact) mass is 451 g/mol. The zero-order valence-electron chi connectivity index (χ0n) is 18.8. The minimum atomic E-state index is -1.85. The number of pyridine rings is 1. The molecule has 3 atom stereocenters. The molecule has 1 unspecified atom stereocenters. The van der Waals surface area contributed by atoms with Crippen LogP contribution in [0.3, 0.4) is 0 Å². The predicted molar refractivity (Wildman–Crippen MR) is 120 cm³/mol. The minimum Gasteiger partial charge on any atom is -0.458 e. The number of hydrogen-bond donors (Lipinski definition) is 3. The van der Waals surface area contributed by atoms with Crippen LogP contribution in [-0.2, 0) is 28.3 Å². The number of nitrogens with one attached hydrogen (secondary N) is 2. The number of carbonyl (C=O) groups is 1. The van der Waals surface area contributed by atoms with Crippen molar-refractivity contribution in [1.29, 1.82) is 0 Å². The summed E-state index contributed by atoms with van der Waals surface area (Å²) in [7, 11) is 1.92. The van der Waals surface area contributed by atoms with Gasteiger partial charge in [-0.3, -0.25) is 4.79 Å². The van der Waals surface area contributed by atoms with Crippen molar-refractivity contribution in [3.63, 3.8) is 0 Å². The molecule has 3 aliphatic heterocycles. The highest BCUT2D eigenvalue weighted by atomic mass is 19.1. The van der Waals surface area contributed by atoms with Gasteiger partial charge in [-0.2, -0.15) is 0 Å². The van der Waals surface area contributed by atoms with Crippen LogP contribution < -0.4 is 16.2 Å². The van der Waals surface area contributed by atoms with Crippen LogP contribution in [0.2, 0.25) is 0 Å². The molecule has 6 rings (SSSR count). The van der Waals surface area contributed by atoms with Gasteiger partial charge in [-0.05, 0) is 67.7 Å². The molecule has 8 heteroatoms. The molecule has 0 spiro atoms. The molecular formula is C25H26FN3O4. The summed E-state index contributed by atoms with van der Waals surface area (Å²) < 4.78 is 21.6. The van der Waals surface area contributed by atoms with E-state index in [1.54, 1.807) is 23.6 Å². The van der Waals surface area contributed by atoms with Crippen molar-refractivity contribution < 1.29 is 19.0 Å². The van der Waals surface area contributed by atoms with Crippen LogP contribution in [0.5, 0.6) is 0 Å². The van der Waals surface area contributed by atoms with E-state index in [9.17, 15) is 19.1 Å². The van der Waals surface area contributed by atoms with Crippen LogP contribution in [0.25, 0.3) is 5.70 Å². The lowest BCUT2D eigenvalue weighted by Gasteiger charge is -2.41. The quantitative estimate of drug-likeness (QED) is 0.597. The molecule has 0 amide bonds. The highest BCUT2D eigenvalue weighted by Crippen LogP contribution is 2.48. The highest BCUT2D eigenvalue weighted by molar-refractivity contribution is 5.85. The first-order valence-corrected chi connectivity index (χ1v) is 11.5. The van der Waals surface area contributed by atoms with Gasteiger partial charge in [0.25, 0.3) is 5.56 Å². The molecular weight excluding hydrogens is 425 g/mol. The van der Waals surface area contributed by atoms with Gasteiger partial charge in [0.05, 0.1) is 29.5 Å². The fraction of sp³-hybridized carbons (Fsp3) is 0.440. The van der Waals surface area contributed by atoms with Crippen molar-refractivity contribution >= 4 is 11.7 Å². The number of aromatic nitrogens is 1. The summed E-state index contributed by atoms with van der Waals surface area (Å²) in [5.41, 5.74) is 4.85. The number of carbonyl (C=O) groups excluding carboxylic acids is 1. The standard InChI is InChI=1S/C25H26FN3O4/c1-4-25(32)15-7-19-22-13(9-29(19)23(30)14(15)10-33-24(25)31)21-17(27-3)6-5-12-11(2)16(26)8-18(28-22)20(12)21/h7-8,17-18,27-28,32H,4-6,9-10H2,1-3H3/t17-,18?,25-/m0/s1. The number of hydrogen-bond acceptors (Lipinski definition) is 6. The third kappa shape index (κ3) is 2.50. The van der Waals surface area contributed by atoms with E-state index in [0.717, 1.165) is 40.8 Å². The third-order valence-electron chi connectivity index (χ3n) is 7.97. The molecule has 1 aromatic heterocycles. The Hall–Kier alpha value is -2.97. The van der Waals surface area contributed by atoms with Crippen LogP contribution in [0, 0.1) is 0 Å². The summed E-state index contributed by atoms with van der Waals surface area (Å²) in [6.07, 6.45) is 3.35. The Kier molecular flexibility index (Phi) is 4.23. The molecule has 4 heterocycles. The van der Waals surface area contributed by atoms with E-state index in [0.29, 0.717) is 28.9 Å². The summed E-state index contributed by atoms with van der Waals surface area (Å²) in [6.45, 7) is 3.75. The summed E-state index contributed by atoms with van der Waals surface area (Å²) in [5, 5.41) is 18.0. The average Bonchev–Trinajstić information content (AvgIpc) is 3.18. The Morgan fingerprint density at radius 2 is 2.12 bits per heavy atom. The number of likely N-dealkylation sites (N-methyl/N-ethyl adjacent to an activating group) is 1. The SMILES string of the molecule is CC[C@@]1(O)C(=O)OCc2c1cc1n(c2=O)CC2=C1NC1C=C(F)C(C)=C3CC[C@H](NC)C2=C31. The van der Waals surface area contributed by atoms with Gasteiger partial charge in [0.2, 0.25) is 0 Å². The van der Waals surface area contributed by atoms with Crippen LogP contribution in [0.4, 0.5) is 4.39 Å². The second kappa shape index (κ2) is 6.77. The van der Waals surface area contributed by atoms with Gasteiger partial charge >= 0.3 is 5.97 Å². The number of dihydropyridines is 1. The van der Waals surface area contributed by atoms with Gasteiger partial charge in [0, 0.05) is 17.2 Å². The first-order valence-electron chi connectivity index (χ1n) is 11.5. The number of allylic oxidation sites excluding steroid dienone is 2. The van der Waals surface area contributed by atoms with Gasteiger partial charge < -0.3 is 25.0 Å². The summed E-state index contributed by atoms with van der Waals surface area (Å²) in [6, 6.07) is 1.50. The molecule has 2 aliphatic carbocycles. The van der Waals surface area contributed by atoms with Crippen molar-refractivity contribution in [2.45, 2.75) is 63.9 Å². The maximum Gasteiger partial charge on any atom is 0.343 e. The van der Waals surface area contributed by atoms with Crippen LogP contribution in [0.15, 0.2) is 50.6 Å². The maximum absolute atomic E-state index is 14.8. The third-order valence-corrected chi connectivity index (χ3v) is 7.97. The van der Waals surface area contributed by atoms with E-state index in [1.165, 1.54) is 0 Å². The molecule has 0 aromatic carbocycles. The number of rotatable bonds is 2. The van der Waals surface area contributed by atoms with Crippen molar-refractivity contribution in [2.24, 2.45) is 0 Å². The number of esters is 1. The van der Waals surface area contributed by atoms with Gasteiger partial charge in [-0.25, -0.2) is 9.18 Å². The predicted octanol–water partition coefficient (Wildman–Crippen LogP) is 2.06. The molecule has 1 aromatic rings. The van der Waals surface area contributed by atoms with Crippen molar-refractivity contribution in [1.82, 2.24) is 15.2 Å². The van der Waals surface area contributed by atoms with E-state index >= 15 is 0 Å². The lowest BCUT2D eigenvalue weighted by Crippen LogP contribution is -2.44. The lowest BCUT2D eigenvalue weighted by molar-refractivity contribution is -0.172. The molecule has 0 bridgehead atoms. The fourth-order valence-electron chi connectivity index (χ4n) is 6.13. The molecule has 0 saturated heterocycles. The summed E-state index contributed by atoms with van der Waals surface area (Å²) in [4.78, 5) is 25.9. The minimum absolute atomic E-state index is 0.0952. The number of ether oxygens (including phenoxy) is 1. The van der Waals surface area contributed by atoms with Gasteiger partial charge in [0.1, 0.15) is 12.4 Å². The number of cyclic esters (lactones) is 1. The van der Waals surface area contributed by atoms with Crippen LogP contribution >= 0.6 is 0 Å². The van der Waals surface area contributed by atoms with E-state index in [-0.39, 0.29) is 36.5 Å². The topological polar surface area (TPSA) is 92.6 Å². The summed E-state index contributed by atoms with van der Waals surface area (Å²) >= 11 is 0. The highest BCUT2D eigenvalue weighted by Gasteiger charge is 2.47. The second-order valence-electron chi connectivity index (χ2n) is 9.40. The first-order chi connectivity index (χ1) is 15.8. The Morgan fingerprint density at radius 3 is 2.85 bits per heavy atom. The molecule has 5 aliphatic rings. The van der Waals surface area contributed by atoms with Crippen LogP contribution in [-0.4, -0.2) is 34.8 Å². The second-order valence-corrected chi connectivity index (χ2v) is 9.40. The van der Waals surface area contributed by atoms with E-state index in [2.05, 4.69) is 10.6 Å². The number of fused-ring (bicyclic) bond motifs is 4. The molecule has 3 N–H and O–H groups in total. The first kappa shape index (κ1) is 20.6. The molecule has 0 radical (unpaired) electrons. The smallest absolute Gasteiger partial charge is 0.343 e. The van der Waals surface area contributed by atoms with E-state index < -0.39 is 11.6 Å². The van der Waals surface area contributed by atoms with Gasteiger partial charge in [0.15, 0.2) is 5.60 Å².